The van der Waals surface area contributed by atoms with Gasteiger partial charge in [-0.3, -0.25) is 4.79 Å². The minimum Gasteiger partial charge on any atom is -0.348 e. The molecule has 3 aromatic rings. The standard InChI is InChI=1S/C22H21NOS/c24-22(23-15-18-7-3-1-4-8-18)21-13-11-20(12-14-21)17-25-16-19-9-5-2-6-10-19/h1-14H,15-17H2,(H,23,24). The van der Waals surface area contributed by atoms with E-state index in [4.69, 9.17) is 0 Å². The Hall–Kier alpha value is -2.52. The number of rotatable bonds is 7. The zero-order valence-electron chi connectivity index (χ0n) is 14.0. The fourth-order valence-corrected chi connectivity index (χ4v) is 3.45. The maximum atomic E-state index is 12.2. The van der Waals surface area contributed by atoms with Crippen molar-refractivity contribution >= 4 is 17.7 Å². The van der Waals surface area contributed by atoms with E-state index in [0.717, 1.165) is 17.1 Å². The van der Waals surface area contributed by atoms with E-state index in [0.29, 0.717) is 12.1 Å². The lowest BCUT2D eigenvalue weighted by Crippen LogP contribution is -2.22. The lowest BCUT2D eigenvalue weighted by Gasteiger charge is -2.07. The van der Waals surface area contributed by atoms with Gasteiger partial charge in [-0.15, -0.1) is 0 Å². The number of benzene rings is 3. The van der Waals surface area contributed by atoms with E-state index < -0.39 is 0 Å². The third kappa shape index (κ3) is 5.50. The molecule has 0 bridgehead atoms. The molecule has 1 amide bonds. The van der Waals surface area contributed by atoms with Gasteiger partial charge in [0.05, 0.1) is 0 Å². The van der Waals surface area contributed by atoms with Crippen molar-refractivity contribution in [2.75, 3.05) is 0 Å². The highest BCUT2D eigenvalue weighted by Crippen LogP contribution is 2.18. The number of amides is 1. The van der Waals surface area contributed by atoms with E-state index in [9.17, 15) is 4.79 Å². The van der Waals surface area contributed by atoms with Crippen LogP contribution in [0.2, 0.25) is 0 Å². The summed E-state index contributed by atoms with van der Waals surface area (Å²) >= 11 is 1.88. The molecule has 0 aliphatic heterocycles. The van der Waals surface area contributed by atoms with Gasteiger partial charge >= 0.3 is 0 Å². The number of carbonyl (C=O) groups is 1. The van der Waals surface area contributed by atoms with Crippen molar-refractivity contribution in [1.82, 2.24) is 5.32 Å². The van der Waals surface area contributed by atoms with Crippen molar-refractivity contribution in [3.8, 4) is 0 Å². The fraction of sp³-hybridized carbons (Fsp3) is 0.136. The molecule has 0 fully saturated rings. The number of thioether (sulfide) groups is 1. The Labute approximate surface area is 153 Å². The molecule has 3 heteroatoms. The summed E-state index contributed by atoms with van der Waals surface area (Å²) in [6.45, 7) is 0.550. The summed E-state index contributed by atoms with van der Waals surface area (Å²) in [6.07, 6.45) is 0. The molecule has 0 radical (unpaired) electrons. The average molecular weight is 347 g/mol. The van der Waals surface area contributed by atoms with Gasteiger partial charge in [0, 0.05) is 23.6 Å². The van der Waals surface area contributed by atoms with Crippen LogP contribution in [0, 0.1) is 0 Å². The normalized spacial score (nSPS) is 10.4. The van der Waals surface area contributed by atoms with Gasteiger partial charge in [-0.1, -0.05) is 72.8 Å². The summed E-state index contributed by atoms with van der Waals surface area (Å²) in [5, 5.41) is 2.96. The Bertz CT molecular complexity index is 785. The smallest absolute Gasteiger partial charge is 0.251 e. The number of hydrogen-bond donors (Lipinski definition) is 1. The second-order valence-corrected chi connectivity index (χ2v) is 6.83. The average Bonchev–Trinajstić information content (AvgIpc) is 2.68. The van der Waals surface area contributed by atoms with Gasteiger partial charge in [-0.25, -0.2) is 0 Å². The van der Waals surface area contributed by atoms with E-state index in [-0.39, 0.29) is 5.91 Å². The predicted molar refractivity (Wildman–Crippen MR) is 105 cm³/mol. The van der Waals surface area contributed by atoms with Crippen LogP contribution in [0.3, 0.4) is 0 Å². The second-order valence-electron chi connectivity index (χ2n) is 5.84. The lowest BCUT2D eigenvalue weighted by molar-refractivity contribution is 0.0951. The lowest BCUT2D eigenvalue weighted by atomic mass is 10.1. The topological polar surface area (TPSA) is 29.1 Å². The maximum Gasteiger partial charge on any atom is 0.251 e. The van der Waals surface area contributed by atoms with Gasteiger partial charge in [0.2, 0.25) is 0 Å². The first-order valence-corrected chi connectivity index (χ1v) is 9.49. The molecule has 2 nitrogen and oxygen atoms in total. The summed E-state index contributed by atoms with van der Waals surface area (Å²) in [6, 6.07) is 28.3. The third-order valence-corrected chi connectivity index (χ3v) is 4.97. The SMILES string of the molecule is O=C(NCc1ccccc1)c1ccc(CSCc2ccccc2)cc1. The van der Waals surface area contributed by atoms with E-state index in [1.165, 1.54) is 11.1 Å². The Kier molecular flexibility index (Phi) is 6.29. The number of hydrogen-bond acceptors (Lipinski definition) is 2. The molecular formula is C22H21NOS. The highest BCUT2D eigenvalue weighted by atomic mass is 32.2. The van der Waals surface area contributed by atoms with E-state index >= 15 is 0 Å². The van der Waals surface area contributed by atoms with Gasteiger partial charge < -0.3 is 5.32 Å². The fourth-order valence-electron chi connectivity index (χ4n) is 2.49. The Morgan fingerprint density at radius 2 is 1.20 bits per heavy atom. The Balaban J connectivity index is 1.47. The van der Waals surface area contributed by atoms with Gasteiger partial charge in [0.25, 0.3) is 5.91 Å². The van der Waals surface area contributed by atoms with Crippen LogP contribution in [0.4, 0.5) is 0 Å². The van der Waals surface area contributed by atoms with Crippen LogP contribution in [-0.2, 0) is 18.1 Å². The minimum atomic E-state index is -0.0349. The van der Waals surface area contributed by atoms with Gasteiger partial charge in [0.1, 0.15) is 0 Å². The van der Waals surface area contributed by atoms with Crippen molar-refractivity contribution in [1.29, 1.82) is 0 Å². The number of nitrogens with one attached hydrogen (secondary N) is 1. The van der Waals surface area contributed by atoms with Crippen molar-refractivity contribution < 1.29 is 4.79 Å². The third-order valence-electron chi connectivity index (χ3n) is 3.89. The molecule has 0 aliphatic carbocycles. The van der Waals surface area contributed by atoms with Crippen LogP contribution < -0.4 is 5.32 Å². The maximum absolute atomic E-state index is 12.2. The molecule has 0 saturated heterocycles. The predicted octanol–water partition coefficient (Wildman–Crippen LogP) is 5.05. The molecule has 0 saturated carbocycles. The first-order valence-electron chi connectivity index (χ1n) is 8.34. The minimum absolute atomic E-state index is 0.0349. The summed E-state index contributed by atoms with van der Waals surface area (Å²) in [5.74, 6) is 1.91. The first-order chi connectivity index (χ1) is 12.3. The molecular weight excluding hydrogens is 326 g/mol. The van der Waals surface area contributed by atoms with Crippen LogP contribution in [0.5, 0.6) is 0 Å². The summed E-state index contributed by atoms with van der Waals surface area (Å²) < 4.78 is 0. The molecule has 25 heavy (non-hydrogen) atoms. The summed E-state index contributed by atoms with van der Waals surface area (Å²) in [4.78, 5) is 12.2. The van der Waals surface area contributed by atoms with Crippen molar-refractivity contribution in [3.05, 3.63) is 107 Å². The molecule has 0 atom stereocenters. The van der Waals surface area contributed by atoms with Crippen molar-refractivity contribution in [2.24, 2.45) is 0 Å². The quantitative estimate of drug-likeness (QED) is 0.648. The zero-order chi connectivity index (χ0) is 17.3. The van der Waals surface area contributed by atoms with E-state index in [1.54, 1.807) is 0 Å². The summed E-state index contributed by atoms with van der Waals surface area (Å²) in [5.41, 5.74) is 4.38. The van der Waals surface area contributed by atoms with E-state index in [2.05, 4.69) is 29.6 Å². The Morgan fingerprint density at radius 1 is 0.680 bits per heavy atom. The molecule has 126 valence electrons. The van der Waals surface area contributed by atoms with Gasteiger partial charge in [0.15, 0.2) is 0 Å². The molecule has 0 heterocycles. The highest BCUT2D eigenvalue weighted by Gasteiger charge is 2.05. The van der Waals surface area contributed by atoms with Crippen LogP contribution in [-0.4, -0.2) is 5.91 Å². The van der Waals surface area contributed by atoms with E-state index in [1.807, 2.05) is 72.4 Å². The molecule has 0 aliphatic rings. The molecule has 0 aromatic heterocycles. The molecule has 3 rings (SSSR count). The van der Waals surface area contributed by atoms with Crippen molar-refractivity contribution in [2.45, 2.75) is 18.1 Å². The summed E-state index contributed by atoms with van der Waals surface area (Å²) in [7, 11) is 0. The molecule has 0 spiro atoms. The van der Waals surface area contributed by atoms with Gasteiger partial charge in [-0.2, -0.15) is 11.8 Å². The second kappa shape index (κ2) is 9.09. The molecule has 0 unspecified atom stereocenters. The van der Waals surface area contributed by atoms with Crippen LogP contribution in [0.15, 0.2) is 84.9 Å². The van der Waals surface area contributed by atoms with Crippen molar-refractivity contribution in [3.63, 3.8) is 0 Å². The van der Waals surface area contributed by atoms with Gasteiger partial charge in [-0.05, 0) is 28.8 Å². The Morgan fingerprint density at radius 3 is 1.80 bits per heavy atom. The number of carbonyl (C=O) groups excluding carboxylic acids is 1. The van der Waals surface area contributed by atoms with Crippen LogP contribution >= 0.6 is 11.8 Å². The monoisotopic (exact) mass is 347 g/mol. The molecule has 3 aromatic carbocycles. The van der Waals surface area contributed by atoms with Crippen LogP contribution in [0.25, 0.3) is 0 Å². The first kappa shape index (κ1) is 17.3. The van der Waals surface area contributed by atoms with Crippen LogP contribution in [0.1, 0.15) is 27.0 Å². The molecule has 1 N–H and O–H groups in total. The highest BCUT2D eigenvalue weighted by molar-refractivity contribution is 7.97. The largest absolute Gasteiger partial charge is 0.348 e. The zero-order valence-corrected chi connectivity index (χ0v) is 14.8.